The second-order valence-electron chi connectivity index (χ2n) is 7.42. The van der Waals surface area contributed by atoms with Gasteiger partial charge in [0.15, 0.2) is 11.2 Å². The minimum absolute atomic E-state index is 0.428. The first-order valence-electron chi connectivity index (χ1n) is 8.39. The molecular formula is C18H32N2O4. The van der Waals surface area contributed by atoms with Crippen LogP contribution >= 0.6 is 0 Å². The van der Waals surface area contributed by atoms with Crippen LogP contribution in [0.2, 0.25) is 0 Å². The summed E-state index contributed by atoms with van der Waals surface area (Å²) in [4.78, 5) is 22.4. The molecule has 0 aliphatic rings. The van der Waals surface area contributed by atoms with Crippen LogP contribution in [0, 0.1) is 23.7 Å². The molecule has 0 spiro atoms. The van der Waals surface area contributed by atoms with Crippen molar-refractivity contribution in [1.82, 2.24) is 0 Å². The lowest BCUT2D eigenvalue weighted by molar-refractivity contribution is 0.0552. The lowest BCUT2D eigenvalue weighted by Gasteiger charge is -2.27. The Balaban J connectivity index is 5.41. The maximum atomic E-state index is 11.2. The van der Waals surface area contributed by atoms with Crippen molar-refractivity contribution in [2.45, 2.75) is 78.4 Å². The lowest BCUT2D eigenvalue weighted by atomic mass is 9.91. The smallest absolute Gasteiger partial charge is 0.406 e. The zero-order chi connectivity index (χ0) is 19.0. The van der Waals surface area contributed by atoms with Gasteiger partial charge in [-0.05, 0) is 51.4 Å². The number of hydrogen-bond acceptors (Lipinski definition) is 4. The molecule has 0 saturated carbocycles. The average molecular weight is 340 g/mol. The van der Waals surface area contributed by atoms with Gasteiger partial charge in [0.2, 0.25) is 0 Å². The van der Waals surface area contributed by atoms with Crippen molar-refractivity contribution in [3.05, 3.63) is 0 Å². The van der Waals surface area contributed by atoms with Crippen molar-refractivity contribution in [3.8, 4) is 11.8 Å². The summed E-state index contributed by atoms with van der Waals surface area (Å²) < 4.78 is 10.4. The number of carbonyl (C=O) groups is 2. The van der Waals surface area contributed by atoms with Crippen molar-refractivity contribution in [2.24, 2.45) is 23.3 Å². The predicted octanol–water partition coefficient (Wildman–Crippen LogP) is 3.57. The van der Waals surface area contributed by atoms with Crippen LogP contribution in [0.15, 0.2) is 0 Å². The van der Waals surface area contributed by atoms with E-state index in [9.17, 15) is 9.59 Å². The topological polar surface area (TPSA) is 105 Å². The molecular weight excluding hydrogens is 308 g/mol. The Kier molecular flexibility index (Phi) is 8.66. The quantitative estimate of drug-likeness (QED) is 0.659. The van der Waals surface area contributed by atoms with Gasteiger partial charge in [-0.1, -0.05) is 39.5 Å². The molecule has 0 fully saturated rings. The summed E-state index contributed by atoms with van der Waals surface area (Å²) in [5, 5.41) is 0. The van der Waals surface area contributed by atoms with E-state index >= 15 is 0 Å². The lowest BCUT2D eigenvalue weighted by Crippen LogP contribution is -2.36. The van der Waals surface area contributed by atoms with Crippen LogP contribution in [-0.4, -0.2) is 23.4 Å². The Labute approximate surface area is 145 Å². The van der Waals surface area contributed by atoms with E-state index in [1.54, 1.807) is 13.8 Å². The highest BCUT2D eigenvalue weighted by atomic mass is 16.6. The molecule has 6 heteroatoms. The molecule has 0 radical (unpaired) electrons. The van der Waals surface area contributed by atoms with E-state index in [1.807, 2.05) is 0 Å². The summed E-state index contributed by atoms with van der Waals surface area (Å²) in [6.07, 6.45) is 0.954. The summed E-state index contributed by atoms with van der Waals surface area (Å²) >= 11 is 0. The number of primary amides is 2. The van der Waals surface area contributed by atoms with E-state index in [4.69, 9.17) is 20.9 Å². The van der Waals surface area contributed by atoms with Crippen LogP contribution in [0.1, 0.15) is 67.2 Å². The van der Waals surface area contributed by atoms with Gasteiger partial charge < -0.3 is 20.9 Å². The van der Waals surface area contributed by atoms with Gasteiger partial charge in [0.1, 0.15) is 0 Å². The van der Waals surface area contributed by atoms with Crippen LogP contribution in [-0.2, 0) is 9.47 Å². The van der Waals surface area contributed by atoms with Gasteiger partial charge in [0.05, 0.1) is 0 Å². The Morgan fingerprint density at radius 3 is 1.33 bits per heavy atom. The molecule has 138 valence electrons. The monoisotopic (exact) mass is 340 g/mol. The zero-order valence-corrected chi connectivity index (χ0v) is 15.8. The van der Waals surface area contributed by atoms with Crippen LogP contribution in [0.4, 0.5) is 9.59 Å². The molecule has 0 saturated heterocycles. The molecule has 4 N–H and O–H groups in total. The third-order valence-electron chi connectivity index (χ3n) is 3.64. The van der Waals surface area contributed by atoms with E-state index < -0.39 is 23.4 Å². The normalized spacial score (nSPS) is 15.8. The fraction of sp³-hybridized carbons (Fsp3) is 0.778. The molecule has 24 heavy (non-hydrogen) atoms. The summed E-state index contributed by atoms with van der Waals surface area (Å²) in [7, 11) is 0. The average Bonchev–Trinajstić information content (AvgIpc) is 2.40. The Bertz CT molecular complexity index is 451. The first-order chi connectivity index (χ1) is 10.9. The standard InChI is InChI=1S/C18H32N2O4/c1-13(2)7-9-17(5,23-15(19)21)11-12-18(6,24-16(20)22)10-8-14(3)4/h13-14H,7-10H2,1-6H3,(H2,19,21)(H2,20,22). The van der Waals surface area contributed by atoms with Crippen molar-refractivity contribution in [2.75, 3.05) is 0 Å². The predicted molar refractivity (Wildman–Crippen MR) is 94.1 cm³/mol. The number of nitrogens with two attached hydrogens (primary N) is 2. The minimum atomic E-state index is -1.03. The van der Waals surface area contributed by atoms with Gasteiger partial charge in [-0.15, -0.1) is 0 Å². The van der Waals surface area contributed by atoms with E-state index in [-0.39, 0.29) is 0 Å². The molecule has 0 rings (SSSR count). The Hall–Kier alpha value is -1.90. The van der Waals surface area contributed by atoms with Crippen LogP contribution in [0.25, 0.3) is 0 Å². The fourth-order valence-corrected chi connectivity index (χ4v) is 2.11. The largest absolute Gasteiger partial charge is 0.430 e. The van der Waals surface area contributed by atoms with Gasteiger partial charge in [-0.2, -0.15) is 0 Å². The van der Waals surface area contributed by atoms with Gasteiger partial charge in [0.25, 0.3) is 0 Å². The molecule has 2 atom stereocenters. The highest BCUT2D eigenvalue weighted by Gasteiger charge is 2.30. The molecule has 6 nitrogen and oxygen atoms in total. The van der Waals surface area contributed by atoms with E-state index in [0.717, 1.165) is 12.8 Å². The molecule has 0 aromatic rings. The van der Waals surface area contributed by atoms with Gasteiger partial charge >= 0.3 is 12.2 Å². The van der Waals surface area contributed by atoms with Crippen molar-refractivity contribution >= 4 is 12.2 Å². The number of rotatable bonds is 8. The van der Waals surface area contributed by atoms with E-state index in [2.05, 4.69) is 39.5 Å². The minimum Gasteiger partial charge on any atom is -0.430 e. The zero-order valence-electron chi connectivity index (χ0n) is 15.8. The van der Waals surface area contributed by atoms with Crippen LogP contribution in [0.3, 0.4) is 0 Å². The summed E-state index contributed by atoms with van der Waals surface area (Å²) in [5.74, 6) is 6.75. The Morgan fingerprint density at radius 2 is 1.12 bits per heavy atom. The molecule has 0 aliphatic heterocycles. The summed E-state index contributed by atoms with van der Waals surface area (Å²) in [6, 6.07) is 0. The third-order valence-corrected chi connectivity index (χ3v) is 3.64. The second kappa shape index (κ2) is 9.41. The van der Waals surface area contributed by atoms with Crippen LogP contribution < -0.4 is 11.5 Å². The molecule has 0 aromatic heterocycles. The molecule has 0 heterocycles. The summed E-state index contributed by atoms with van der Waals surface area (Å²) in [6.45, 7) is 11.7. The number of amides is 2. The highest BCUT2D eigenvalue weighted by molar-refractivity contribution is 5.66. The molecule has 0 aliphatic carbocycles. The number of ether oxygens (including phenoxy) is 2. The first-order valence-corrected chi connectivity index (χ1v) is 8.39. The van der Waals surface area contributed by atoms with Crippen molar-refractivity contribution < 1.29 is 19.1 Å². The molecule has 0 bridgehead atoms. The molecule has 2 amide bonds. The van der Waals surface area contributed by atoms with Crippen molar-refractivity contribution in [3.63, 3.8) is 0 Å². The third kappa shape index (κ3) is 9.98. The fourth-order valence-electron chi connectivity index (χ4n) is 2.11. The number of hydrogen-bond donors (Lipinski definition) is 2. The summed E-state index contributed by atoms with van der Waals surface area (Å²) in [5.41, 5.74) is 8.28. The number of carbonyl (C=O) groups excluding carboxylic acids is 2. The van der Waals surface area contributed by atoms with Gasteiger partial charge in [-0.3, -0.25) is 0 Å². The highest BCUT2D eigenvalue weighted by Crippen LogP contribution is 2.24. The van der Waals surface area contributed by atoms with Gasteiger partial charge in [-0.25, -0.2) is 9.59 Å². The van der Waals surface area contributed by atoms with Gasteiger partial charge in [0, 0.05) is 0 Å². The van der Waals surface area contributed by atoms with E-state index in [0.29, 0.717) is 24.7 Å². The molecule has 0 aromatic carbocycles. The van der Waals surface area contributed by atoms with Crippen molar-refractivity contribution in [1.29, 1.82) is 0 Å². The van der Waals surface area contributed by atoms with E-state index in [1.165, 1.54) is 0 Å². The Morgan fingerprint density at radius 1 is 0.833 bits per heavy atom. The second-order valence-corrected chi connectivity index (χ2v) is 7.42. The maximum absolute atomic E-state index is 11.2. The first kappa shape index (κ1) is 22.1. The van der Waals surface area contributed by atoms with Crippen LogP contribution in [0.5, 0.6) is 0 Å². The maximum Gasteiger partial charge on any atom is 0.406 e. The molecule has 2 unspecified atom stereocenters. The SMILES string of the molecule is CC(C)CCC(C)(C#CC(C)(CCC(C)C)OC(N)=O)OC(N)=O.